The van der Waals surface area contributed by atoms with E-state index in [0.29, 0.717) is 0 Å². The molecule has 2 heteroatoms. The molecule has 0 aromatic heterocycles. The first-order chi connectivity index (χ1) is 6.97. The summed E-state index contributed by atoms with van der Waals surface area (Å²) in [5, 5.41) is 0. The van der Waals surface area contributed by atoms with E-state index in [1.54, 1.807) is 0 Å². The number of hydrogen-bond acceptors (Lipinski definition) is 0. The van der Waals surface area contributed by atoms with Crippen LogP contribution in [0.15, 0.2) is 0 Å². The van der Waals surface area contributed by atoms with Crippen molar-refractivity contribution < 1.29 is 21.1 Å². The van der Waals surface area contributed by atoms with Crippen LogP contribution in [0.2, 0.25) is 0 Å². The Morgan fingerprint density at radius 3 is 0.812 bits per heavy atom. The minimum absolute atomic E-state index is 0. The van der Waals surface area contributed by atoms with Crippen LogP contribution in [-0.2, 0) is 21.1 Å². The van der Waals surface area contributed by atoms with Crippen LogP contribution in [0.1, 0.15) is 54.9 Å². The minimum Gasteiger partial charge on any atom is -0.319 e. The molecule has 0 atom stereocenters. The Bertz CT molecular complexity index is 93.9. The van der Waals surface area contributed by atoms with E-state index >= 15 is 0 Å². The van der Waals surface area contributed by atoms with Gasteiger partial charge in [-0.3, -0.25) is 4.93 Å². The Labute approximate surface area is 132 Å². The third-order valence-corrected chi connectivity index (χ3v) is 4.15. The van der Waals surface area contributed by atoms with Gasteiger partial charge in [0.25, 0.3) is 0 Å². The Morgan fingerprint density at radius 1 is 0.688 bits per heavy atom. The molecule has 0 amide bonds. The molecule has 100 valence electrons. The van der Waals surface area contributed by atoms with E-state index in [-0.39, 0.29) is 21.1 Å². The maximum absolute atomic E-state index is 3.22. The van der Waals surface area contributed by atoms with Gasteiger partial charge in [0.1, 0.15) is 0 Å². The van der Waals surface area contributed by atoms with E-state index in [4.69, 9.17) is 0 Å². The van der Waals surface area contributed by atoms with Gasteiger partial charge in [0, 0.05) is 21.1 Å². The van der Waals surface area contributed by atoms with Crippen molar-refractivity contribution in [2.75, 3.05) is 0 Å². The fourth-order valence-corrected chi connectivity index (χ4v) is 2.39. The first-order valence-electron chi connectivity index (χ1n) is 6.23. The molecule has 0 N–H and O–H groups in total. The predicted octanol–water partition coefficient (Wildman–Crippen LogP) is 5.81. The van der Waals surface area contributed by atoms with Gasteiger partial charge >= 0.3 is 0 Å². The van der Waals surface area contributed by atoms with E-state index < -0.39 is 0 Å². The van der Waals surface area contributed by atoms with Crippen LogP contribution in [0.3, 0.4) is 0 Å². The maximum Gasteiger partial charge on any atom is 0 e. The van der Waals surface area contributed by atoms with Crippen molar-refractivity contribution in [2.24, 2.45) is 29.6 Å². The molecule has 1 aliphatic rings. The molecule has 1 aliphatic carbocycles. The zero-order chi connectivity index (χ0) is 12.6. The second-order valence-electron chi connectivity index (χ2n) is 5.00. The van der Waals surface area contributed by atoms with Crippen LogP contribution in [-0.4, -0.2) is 0 Å². The van der Waals surface area contributed by atoms with Crippen molar-refractivity contribution in [2.45, 2.75) is 54.9 Å². The topological polar surface area (TPSA) is 0 Å². The SMILES string of the molecule is CC1C(C)C(C)C(C)C1C.CCC.[CH2-]I.[W]. The van der Waals surface area contributed by atoms with E-state index in [1.807, 2.05) is 22.6 Å². The van der Waals surface area contributed by atoms with Crippen molar-refractivity contribution in [3.8, 4) is 0 Å². The largest absolute Gasteiger partial charge is 0.319 e. The number of halogens is 1. The molecule has 0 heterocycles. The molecular formula is C14H30IW-. The zero-order valence-corrected chi connectivity index (χ0v) is 17.2. The molecule has 0 radical (unpaired) electrons. The second kappa shape index (κ2) is 12.9. The van der Waals surface area contributed by atoms with Gasteiger partial charge in [0.2, 0.25) is 0 Å². The van der Waals surface area contributed by atoms with E-state index in [2.05, 4.69) is 53.4 Å². The quantitative estimate of drug-likeness (QED) is 0.286. The summed E-state index contributed by atoms with van der Waals surface area (Å²) in [7, 11) is 0. The summed E-state index contributed by atoms with van der Waals surface area (Å²) in [5.74, 6) is 4.68. The van der Waals surface area contributed by atoms with Gasteiger partial charge in [-0.1, -0.05) is 54.9 Å². The van der Waals surface area contributed by atoms with Crippen molar-refractivity contribution in [1.29, 1.82) is 0 Å². The molecule has 1 saturated carbocycles. The average Bonchev–Trinajstić information content (AvgIpc) is 2.41. The van der Waals surface area contributed by atoms with Crippen molar-refractivity contribution >= 4 is 22.6 Å². The summed E-state index contributed by atoms with van der Waals surface area (Å²) in [5.41, 5.74) is 0. The van der Waals surface area contributed by atoms with Crippen molar-refractivity contribution in [3.05, 3.63) is 4.93 Å². The van der Waals surface area contributed by atoms with Gasteiger partial charge in [-0.25, -0.2) is 0 Å². The van der Waals surface area contributed by atoms with Crippen LogP contribution < -0.4 is 0 Å². The van der Waals surface area contributed by atoms with Gasteiger partial charge in [0.05, 0.1) is 0 Å². The summed E-state index contributed by atoms with van der Waals surface area (Å²) in [6, 6.07) is 0. The predicted molar refractivity (Wildman–Crippen MR) is 81.2 cm³/mol. The van der Waals surface area contributed by atoms with Gasteiger partial charge in [-0.2, -0.15) is 0 Å². The molecule has 16 heavy (non-hydrogen) atoms. The first kappa shape index (κ1) is 22.6. The third-order valence-electron chi connectivity index (χ3n) is 4.15. The number of hydrogen-bond donors (Lipinski definition) is 0. The summed E-state index contributed by atoms with van der Waals surface area (Å²) in [4.78, 5) is 3.22. The summed E-state index contributed by atoms with van der Waals surface area (Å²) >= 11 is 1.90. The normalized spacial score (nSPS) is 36.2. The first-order valence-corrected chi connectivity index (χ1v) is 7.76. The Hall–Kier alpha value is 1.42. The van der Waals surface area contributed by atoms with Crippen LogP contribution in [0.25, 0.3) is 0 Å². The summed E-state index contributed by atoms with van der Waals surface area (Å²) < 4.78 is 0. The summed E-state index contributed by atoms with van der Waals surface area (Å²) in [6.45, 7) is 16.2. The molecule has 0 aliphatic heterocycles. The smallest absolute Gasteiger partial charge is 0 e. The molecule has 1 rings (SSSR count). The Morgan fingerprint density at radius 2 is 0.750 bits per heavy atom. The van der Waals surface area contributed by atoms with Crippen LogP contribution in [0.5, 0.6) is 0 Å². The minimum atomic E-state index is 0. The number of rotatable bonds is 0. The molecule has 0 unspecified atom stereocenters. The van der Waals surface area contributed by atoms with Crippen LogP contribution >= 0.6 is 22.6 Å². The van der Waals surface area contributed by atoms with E-state index in [1.165, 1.54) is 6.42 Å². The van der Waals surface area contributed by atoms with Gasteiger partial charge in [-0.05, 0) is 29.6 Å². The van der Waals surface area contributed by atoms with Crippen molar-refractivity contribution in [1.82, 2.24) is 0 Å². The van der Waals surface area contributed by atoms with E-state index in [9.17, 15) is 0 Å². The fourth-order valence-electron chi connectivity index (χ4n) is 2.39. The van der Waals surface area contributed by atoms with Crippen molar-refractivity contribution in [3.63, 3.8) is 0 Å². The molecule has 0 nitrogen and oxygen atoms in total. The molecule has 0 saturated heterocycles. The van der Waals surface area contributed by atoms with Gasteiger partial charge in [0.15, 0.2) is 0 Å². The Balaban J connectivity index is -0.000000246. The Kier molecular flexibility index (Phi) is 18.2. The van der Waals surface area contributed by atoms with Gasteiger partial charge in [-0.15, -0.1) is 0 Å². The molecule has 0 spiro atoms. The zero-order valence-electron chi connectivity index (χ0n) is 12.1. The average molecular weight is 509 g/mol. The van der Waals surface area contributed by atoms with E-state index in [0.717, 1.165) is 29.6 Å². The molecule has 0 aromatic carbocycles. The molecule has 0 bridgehead atoms. The van der Waals surface area contributed by atoms with Crippen LogP contribution in [0.4, 0.5) is 0 Å². The molecule has 0 aromatic rings. The van der Waals surface area contributed by atoms with Gasteiger partial charge < -0.3 is 22.6 Å². The molecular weight excluding hydrogens is 479 g/mol. The fraction of sp³-hybridized carbons (Fsp3) is 0.929. The van der Waals surface area contributed by atoms with Crippen LogP contribution in [0, 0.1) is 34.5 Å². The standard InChI is InChI=1S/C10H20.C3H8.CH2I.W/c1-6-7(2)9(4)10(5)8(6)3;1-3-2;1-2;/h6-10H,1-5H3;3H2,1-2H3;1H2;/q;;-1;. The summed E-state index contributed by atoms with van der Waals surface area (Å²) in [6.07, 6.45) is 1.25. The third kappa shape index (κ3) is 6.99. The maximum atomic E-state index is 3.22. The molecule has 1 fully saturated rings. The monoisotopic (exact) mass is 509 g/mol. The second-order valence-corrected chi connectivity index (χ2v) is 5.00.